The molecule has 0 radical (unpaired) electrons. The lowest BCUT2D eigenvalue weighted by molar-refractivity contribution is 0.178. The van der Waals surface area contributed by atoms with Gasteiger partial charge in [-0.2, -0.15) is 0 Å². The van der Waals surface area contributed by atoms with Crippen molar-refractivity contribution in [3.63, 3.8) is 0 Å². The summed E-state index contributed by atoms with van der Waals surface area (Å²) in [5.41, 5.74) is 3.41. The van der Waals surface area contributed by atoms with Gasteiger partial charge in [0.25, 0.3) is 0 Å². The van der Waals surface area contributed by atoms with Gasteiger partial charge in [0.2, 0.25) is 0 Å². The molecule has 0 amide bonds. The summed E-state index contributed by atoms with van der Waals surface area (Å²) >= 11 is 6.31. The zero-order valence-corrected chi connectivity index (χ0v) is 19.1. The summed E-state index contributed by atoms with van der Waals surface area (Å²) < 4.78 is 5.45. The SMILES string of the molecule is CCc1noc(CC)c1CNC(=NC)NCC1CCN(Cc2ccccc2Cl)CC1. The molecule has 2 N–H and O–H groups in total. The van der Waals surface area contributed by atoms with Crippen LogP contribution in [-0.2, 0) is 25.9 Å². The lowest BCUT2D eigenvalue weighted by Gasteiger charge is -2.32. The number of likely N-dealkylation sites (tertiary alicyclic amines) is 1. The molecule has 1 aliphatic rings. The Kier molecular flexibility index (Phi) is 8.58. The number of nitrogens with zero attached hydrogens (tertiary/aromatic N) is 3. The highest BCUT2D eigenvalue weighted by Gasteiger charge is 2.20. The first-order valence-electron chi connectivity index (χ1n) is 11.0. The Bertz CT molecular complexity index is 805. The molecule has 0 saturated carbocycles. The van der Waals surface area contributed by atoms with Crippen molar-refractivity contribution in [3.8, 4) is 0 Å². The normalized spacial score (nSPS) is 16.1. The van der Waals surface area contributed by atoms with Crippen molar-refractivity contribution in [2.24, 2.45) is 10.9 Å². The predicted octanol–water partition coefficient (Wildman–Crippen LogP) is 4.03. The van der Waals surface area contributed by atoms with Gasteiger partial charge in [-0.3, -0.25) is 9.89 Å². The van der Waals surface area contributed by atoms with E-state index in [0.717, 1.165) is 67.0 Å². The maximum atomic E-state index is 6.31. The van der Waals surface area contributed by atoms with Crippen LogP contribution in [0.15, 0.2) is 33.8 Å². The van der Waals surface area contributed by atoms with Crippen molar-refractivity contribution in [2.75, 3.05) is 26.7 Å². The van der Waals surface area contributed by atoms with Gasteiger partial charge in [0.05, 0.1) is 5.69 Å². The molecule has 1 fully saturated rings. The number of hydrogen-bond donors (Lipinski definition) is 2. The van der Waals surface area contributed by atoms with Crippen LogP contribution in [0, 0.1) is 5.92 Å². The van der Waals surface area contributed by atoms with Crippen LogP contribution in [0.25, 0.3) is 0 Å². The standard InChI is InChI=1S/C23H34ClN5O/c1-4-21-19(22(5-2)30-28-21)15-27-23(25-3)26-14-17-10-12-29(13-11-17)16-18-8-6-7-9-20(18)24/h6-9,17H,4-5,10-16H2,1-3H3,(H2,25,26,27). The van der Waals surface area contributed by atoms with Gasteiger partial charge >= 0.3 is 0 Å². The largest absolute Gasteiger partial charge is 0.361 e. The summed E-state index contributed by atoms with van der Waals surface area (Å²) in [6.45, 7) is 8.95. The second-order valence-electron chi connectivity index (χ2n) is 7.86. The molecule has 0 aliphatic carbocycles. The van der Waals surface area contributed by atoms with E-state index < -0.39 is 0 Å². The number of aliphatic imine (C=N–C) groups is 1. The molecule has 164 valence electrons. The van der Waals surface area contributed by atoms with Crippen LogP contribution in [0.4, 0.5) is 0 Å². The molecule has 0 atom stereocenters. The first-order chi connectivity index (χ1) is 14.6. The monoisotopic (exact) mass is 431 g/mol. The Hall–Kier alpha value is -2.05. The number of halogens is 1. The smallest absolute Gasteiger partial charge is 0.191 e. The third-order valence-electron chi connectivity index (χ3n) is 5.88. The number of aromatic nitrogens is 1. The van der Waals surface area contributed by atoms with Crippen LogP contribution in [0.1, 0.15) is 49.3 Å². The molecule has 3 rings (SSSR count). The van der Waals surface area contributed by atoms with Gasteiger partial charge in [-0.1, -0.05) is 48.8 Å². The first kappa shape index (κ1) is 22.6. The Morgan fingerprint density at radius 1 is 1.20 bits per heavy atom. The van der Waals surface area contributed by atoms with E-state index in [4.69, 9.17) is 16.1 Å². The van der Waals surface area contributed by atoms with Gasteiger partial charge in [-0.15, -0.1) is 0 Å². The molecule has 0 spiro atoms. The van der Waals surface area contributed by atoms with Crippen LogP contribution in [0.2, 0.25) is 5.02 Å². The first-order valence-corrected chi connectivity index (χ1v) is 11.4. The van der Waals surface area contributed by atoms with E-state index in [2.05, 4.69) is 51.7 Å². The number of rotatable bonds is 8. The molecule has 1 aromatic carbocycles. The van der Waals surface area contributed by atoms with Crippen LogP contribution in [0.3, 0.4) is 0 Å². The zero-order chi connectivity index (χ0) is 21.3. The number of hydrogen-bond acceptors (Lipinski definition) is 4. The summed E-state index contributed by atoms with van der Waals surface area (Å²) in [5, 5.41) is 12.0. The van der Waals surface area contributed by atoms with Crippen LogP contribution in [-0.4, -0.2) is 42.7 Å². The molecule has 7 heteroatoms. The summed E-state index contributed by atoms with van der Waals surface area (Å²) in [5.74, 6) is 2.44. The Labute approximate surface area is 185 Å². The Balaban J connectivity index is 1.42. The fourth-order valence-electron chi connectivity index (χ4n) is 3.99. The Morgan fingerprint density at radius 3 is 2.63 bits per heavy atom. The number of nitrogens with one attached hydrogen (secondary N) is 2. The Morgan fingerprint density at radius 2 is 1.97 bits per heavy atom. The minimum atomic E-state index is 0.652. The van der Waals surface area contributed by atoms with E-state index in [1.54, 1.807) is 0 Å². The van der Waals surface area contributed by atoms with Crippen molar-refractivity contribution < 1.29 is 4.52 Å². The van der Waals surface area contributed by atoms with E-state index in [-0.39, 0.29) is 0 Å². The van der Waals surface area contributed by atoms with E-state index in [9.17, 15) is 0 Å². The van der Waals surface area contributed by atoms with Gasteiger partial charge in [0.15, 0.2) is 5.96 Å². The van der Waals surface area contributed by atoms with Crippen LogP contribution < -0.4 is 10.6 Å². The van der Waals surface area contributed by atoms with Gasteiger partial charge in [-0.25, -0.2) is 0 Å². The van der Waals surface area contributed by atoms with Gasteiger partial charge in [-0.05, 0) is 49.9 Å². The minimum Gasteiger partial charge on any atom is -0.361 e. The molecule has 30 heavy (non-hydrogen) atoms. The average molecular weight is 432 g/mol. The van der Waals surface area contributed by atoms with Crippen LogP contribution >= 0.6 is 11.6 Å². The molecule has 0 unspecified atom stereocenters. The van der Waals surface area contributed by atoms with E-state index >= 15 is 0 Å². The van der Waals surface area contributed by atoms with E-state index in [1.165, 1.54) is 18.4 Å². The quantitative estimate of drug-likeness (QED) is 0.488. The lowest BCUT2D eigenvalue weighted by atomic mass is 9.96. The van der Waals surface area contributed by atoms with Crippen molar-refractivity contribution in [1.82, 2.24) is 20.7 Å². The zero-order valence-electron chi connectivity index (χ0n) is 18.4. The van der Waals surface area contributed by atoms with E-state index in [1.807, 2.05) is 19.2 Å². The van der Waals surface area contributed by atoms with Crippen molar-refractivity contribution >= 4 is 17.6 Å². The molecule has 6 nitrogen and oxygen atoms in total. The third-order valence-corrected chi connectivity index (χ3v) is 6.25. The minimum absolute atomic E-state index is 0.652. The number of guanidine groups is 1. The van der Waals surface area contributed by atoms with Crippen molar-refractivity contribution in [1.29, 1.82) is 0 Å². The fourth-order valence-corrected chi connectivity index (χ4v) is 4.18. The van der Waals surface area contributed by atoms with Gasteiger partial charge in [0.1, 0.15) is 5.76 Å². The number of benzene rings is 1. The second-order valence-corrected chi connectivity index (χ2v) is 8.26. The molecule has 2 heterocycles. The third kappa shape index (κ3) is 5.99. The highest BCUT2D eigenvalue weighted by molar-refractivity contribution is 6.31. The maximum absolute atomic E-state index is 6.31. The average Bonchev–Trinajstić information content (AvgIpc) is 3.18. The van der Waals surface area contributed by atoms with E-state index in [0.29, 0.717) is 12.5 Å². The van der Waals surface area contributed by atoms with Gasteiger partial charge in [0, 0.05) is 43.7 Å². The lowest BCUT2D eigenvalue weighted by Crippen LogP contribution is -2.42. The number of aryl methyl sites for hydroxylation is 2. The van der Waals surface area contributed by atoms with Crippen LogP contribution in [0.5, 0.6) is 0 Å². The highest BCUT2D eigenvalue weighted by atomic mass is 35.5. The molecule has 2 aromatic rings. The fraction of sp³-hybridized carbons (Fsp3) is 0.565. The second kappa shape index (κ2) is 11.4. The summed E-state index contributed by atoms with van der Waals surface area (Å²) in [4.78, 5) is 6.88. The highest BCUT2D eigenvalue weighted by Crippen LogP contribution is 2.22. The maximum Gasteiger partial charge on any atom is 0.191 e. The summed E-state index contributed by atoms with van der Waals surface area (Å²) in [6, 6.07) is 8.14. The molecular weight excluding hydrogens is 398 g/mol. The molecule has 0 bridgehead atoms. The predicted molar refractivity (Wildman–Crippen MR) is 123 cm³/mol. The van der Waals surface area contributed by atoms with Crippen molar-refractivity contribution in [2.45, 2.75) is 52.6 Å². The van der Waals surface area contributed by atoms with Gasteiger partial charge < -0.3 is 15.2 Å². The molecule has 1 aliphatic heterocycles. The summed E-state index contributed by atoms with van der Waals surface area (Å²) in [7, 11) is 1.82. The molecular formula is C23H34ClN5O. The number of piperidine rings is 1. The summed E-state index contributed by atoms with van der Waals surface area (Å²) in [6.07, 6.45) is 4.09. The molecule has 1 saturated heterocycles. The molecule has 1 aromatic heterocycles. The topological polar surface area (TPSA) is 65.7 Å². The van der Waals surface area contributed by atoms with Crippen molar-refractivity contribution in [3.05, 3.63) is 51.9 Å².